The summed E-state index contributed by atoms with van der Waals surface area (Å²) in [5.74, 6) is 1.76. The number of thiazole rings is 1. The normalized spacial score (nSPS) is 30.1. The van der Waals surface area contributed by atoms with E-state index in [1.54, 1.807) is 5.38 Å². The molecule has 0 aromatic carbocycles. The number of hydrogen-bond donors (Lipinski definition) is 2. The highest BCUT2D eigenvalue weighted by atomic mass is 32.1. The van der Waals surface area contributed by atoms with Crippen molar-refractivity contribution in [1.29, 1.82) is 0 Å². The van der Waals surface area contributed by atoms with Gasteiger partial charge >= 0.3 is 5.97 Å². The van der Waals surface area contributed by atoms with E-state index in [0.29, 0.717) is 17.4 Å². The van der Waals surface area contributed by atoms with Gasteiger partial charge in [0.05, 0.1) is 12.1 Å². The van der Waals surface area contributed by atoms with Gasteiger partial charge in [-0.1, -0.05) is 0 Å². The molecule has 2 N–H and O–H groups in total. The van der Waals surface area contributed by atoms with Gasteiger partial charge in [-0.2, -0.15) is 0 Å². The van der Waals surface area contributed by atoms with Gasteiger partial charge in [-0.05, 0) is 56.3 Å². The zero-order chi connectivity index (χ0) is 19.7. The molecule has 0 saturated heterocycles. The summed E-state index contributed by atoms with van der Waals surface area (Å²) < 4.78 is 5.22. The van der Waals surface area contributed by atoms with Gasteiger partial charge in [0.2, 0.25) is 11.8 Å². The minimum Gasteiger partial charge on any atom is -0.459 e. The van der Waals surface area contributed by atoms with Crippen molar-refractivity contribution in [3.8, 4) is 0 Å². The smallest absolute Gasteiger partial charge is 0.307 e. The third-order valence-corrected chi connectivity index (χ3v) is 7.16. The number of carbonyl (C=O) groups excluding carboxylic acids is 3. The minimum atomic E-state index is -0.361. The zero-order valence-corrected chi connectivity index (χ0v) is 17.0. The van der Waals surface area contributed by atoms with Gasteiger partial charge in [-0.3, -0.25) is 14.4 Å². The average molecular weight is 406 g/mol. The number of esters is 1. The molecule has 1 aromatic heterocycles. The Morgan fingerprint density at radius 1 is 1.18 bits per heavy atom. The third kappa shape index (κ3) is 4.21. The molecular formula is C20H27N3O4S. The van der Waals surface area contributed by atoms with Crippen molar-refractivity contribution in [2.24, 2.45) is 23.2 Å². The summed E-state index contributed by atoms with van der Waals surface area (Å²) in [6.07, 6.45) is 7.14. The minimum absolute atomic E-state index is 0.0673. The lowest BCUT2D eigenvalue weighted by Gasteiger charge is -2.55. The van der Waals surface area contributed by atoms with Crippen LogP contribution in [0, 0.1) is 23.2 Å². The first-order chi connectivity index (χ1) is 13.4. The van der Waals surface area contributed by atoms with E-state index in [2.05, 4.69) is 15.6 Å². The topological polar surface area (TPSA) is 97.4 Å². The van der Waals surface area contributed by atoms with Crippen LogP contribution in [0.4, 0.5) is 5.13 Å². The molecule has 8 heteroatoms. The monoisotopic (exact) mass is 405 g/mol. The summed E-state index contributed by atoms with van der Waals surface area (Å²) in [6.45, 7) is 1.80. The molecule has 152 valence electrons. The van der Waals surface area contributed by atoms with E-state index in [4.69, 9.17) is 4.74 Å². The SMILES string of the molecule is CC(=O)Nc1nc(COC(=O)CCNC(=O)C23CC4CC(CC(C4)C2)C3)cs1. The first-order valence-electron chi connectivity index (χ1n) is 10.1. The Morgan fingerprint density at radius 3 is 2.43 bits per heavy atom. The van der Waals surface area contributed by atoms with Crippen LogP contribution in [0.3, 0.4) is 0 Å². The highest BCUT2D eigenvalue weighted by Gasteiger charge is 2.54. The summed E-state index contributed by atoms with van der Waals surface area (Å²) in [5.41, 5.74) is 0.416. The Labute approximate surface area is 168 Å². The highest BCUT2D eigenvalue weighted by Crippen LogP contribution is 2.60. The average Bonchev–Trinajstić information content (AvgIpc) is 3.05. The summed E-state index contributed by atoms with van der Waals surface area (Å²) in [6, 6.07) is 0. The molecule has 4 bridgehead atoms. The number of nitrogens with one attached hydrogen (secondary N) is 2. The summed E-state index contributed by atoms with van der Waals surface area (Å²) in [5, 5.41) is 7.82. The Morgan fingerprint density at radius 2 is 1.82 bits per heavy atom. The van der Waals surface area contributed by atoms with E-state index in [0.717, 1.165) is 37.0 Å². The van der Waals surface area contributed by atoms with Crippen molar-refractivity contribution in [3.63, 3.8) is 0 Å². The second kappa shape index (κ2) is 7.81. The molecule has 1 heterocycles. The Bertz CT molecular complexity index is 740. The molecule has 2 amide bonds. The molecule has 0 radical (unpaired) electrons. The van der Waals surface area contributed by atoms with Crippen molar-refractivity contribution in [1.82, 2.24) is 10.3 Å². The van der Waals surface area contributed by atoms with Crippen molar-refractivity contribution in [3.05, 3.63) is 11.1 Å². The third-order valence-electron chi connectivity index (χ3n) is 6.35. The van der Waals surface area contributed by atoms with E-state index in [-0.39, 0.29) is 36.2 Å². The molecular weight excluding hydrogens is 378 g/mol. The standard InChI is InChI=1S/C20H27N3O4S/c1-12(24)22-19-23-16(11-28-19)10-27-17(25)2-3-21-18(26)20-7-13-4-14(8-20)6-15(5-13)9-20/h11,13-15H,2-10H2,1H3,(H,21,26)(H,22,23,24). The van der Waals surface area contributed by atoms with Crippen LogP contribution in [-0.4, -0.2) is 29.3 Å². The summed E-state index contributed by atoms with van der Waals surface area (Å²) in [4.78, 5) is 40.0. The van der Waals surface area contributed by atoms with Crippen LogP contribution in [0.1, 0.15) is 57.6 Å². The number of nitrogens with zero attached hydrogens (tertiary/aromatic N) is 1. The predicted molar refractivity (Wildman–Crippen MR) is 104 cm³/mol. The molecule has 5 rings (SSSR count). The van der Waals surface area contributed by atoms with Crippen LogP contribution in [0.5, 0.6) is 0 Å². The second-order valence-corrected chi connectivity index (χ2v) is 9.55. The lowest BCUT2D eigenvalue weighted by atomic mass is 9.49. The molecule has 0 aliphatic heterocycles. The Balaban J connectivity index is 1.19. The fraction of sp³-hybridized carbons (Fsp3) is 0.700. The molecule has 1 aromatic rings. The highest BCUT2D eigenvalue weighted by molar-refractivity contribution is 7.13. The maximum Gasteiger partial charge on any atom is 0.307 e. The quantitative estimate of drug-likeness (QED) is 0.680. The van der Waals surface area contributed by atoms with Gasteiger partial charge in [-0.15, -0.1) is 11.3 Å². The maximum absolute atomic E-state index is 12.8. The molecule has 4 aliphatic rings. The van der Waals surface area contributed by atoms with Crippen LogP contribution in [-0.2, 0) is 25.7 Å². The van der Waals surface area contributed by atoms with E-state index in [9.17, 15) is 14.4 Å². The zero-order valence-electron chi connectivity index (χ0n) is 16.2. The van der Waals surface area contributed by atoms with Crippen molar-refractivity contribution in [2.45, 2.75) is 58.5 Å². The summed E-state index contributed by atoms with van der Waals surface area (Å²) in [7, 11) is 0. The van der Waals surface area contributed by atoms with E-state index in [1.807, 2.05) is 0 Å². The summed E-state index contributed by atoms with van der Waals surface area (Å²) >= 11 is 1.29. The van der Waals surface area contributed by atoms with E-state index >= 15 is 0 Å². The van der Waals surface area contributed by atoms with Gasteiger partial charge in [-0.25, -0.2) is 4.98 Å². The largest absolute Gasteiger partial charge is 0.459 e. The molecule has 4 aliphatic carbocycles. The van der Waals surface area contributed by atoms with Crippen molar-refractivity contribution in [2.75, 3.05) is 11.9 Å². The first-order valence-corrected chi connectivity index (χ1v) is 11.0. The van der Waals surface area contributed by atoms with Crippen LogP contribution in [0.15, 0.2) is 5.38 Å². The van der Waals surface area contributed by atoms with Crippen molar-refractivity contribution < 1.29 is 19.1 Å². The number of hydrogen-bond acceptors (Lipinski definition) is 6. The van der Waals surface area contributed by atoms with Crippen LogP contribution >= 0.6 is 11.3 Å². The number of aromatic nitrogens is 1. The fourth-order valence-corrected chi connectivity index (χ4v) is 6.40. The Kier molecular flexibility index (Phi) is 5.40. The molecule has 4 fully saturated rings. The number of anilines is 1. The maximum atomic E-state index is 12.8. The second-order valence-electron chi connectivity index (χ2n) is 8.69. The number of rotatable bonds is 7. The van der Waals surface area contributed by atoms with E-state index in [1.165, 1.54) is 37.5 Å². The number of carbonyl (C=O) groups is 3. The lowest BCUT2D eigenvalue weighted by Crippen LogP contribution is -2.53. The molecule has 0 spiro atoms. The van der Waals surface area contributed by atoms with Gasteiger partial charge in [0, 0.05) is 24.3 Å². The number of amides is 2. The molecule has 7 nitrogen and oxygen atoms in total. The van der Waals surface area contributed by atoms with Gasteiger partial charge in [0.1, 0.15) is 6.61 Å². The van der Waals surface area contributed by atoms with Crippen LogP contribution in [0.25, 0.3) is 0 Å². The Hall–Kier alpha value is -1.96. The molecule has 28 heavy (non-hydrogen) atoms. The fourth-order valence-electron chi connectivity index (χ4n) is 5.66. The van der Waals surface area contributed by atoms with Crippen LogP contribution in [0.2, 0.25) is 0 Å². The predicted octanol–water partition coefficient (Wildman–Crippen LogP) is 2.87. The van der Waals surface area contributed by atoms with Crippen molar-refractivity contribution >= 4 is 34.3 Å². The van der Waals surface area contributed by atoms with Gasteiger partial charge in [0.25, 0.3) is 0 Å². The number of ether oxygens (including phenoxy) is 1. The molecule has 4 saturated carbocycles. The lowest BCUT2D eigenvalue weighted by molar-refractivity contribution is -0.147. The van der Waals surface area contributed by atoms with E-state index < -0.39 is 0 Å². The van der Waals surface area contributed by atoms with Gasteiger partial charge in [0.15, 0.2) is 5.13 Å². The van der Waals surface area contributed by atoms with Gasteiger partial charge < -0.3 is 15.4 Å². The van der Waals surface area contributed by atoms with Crippen LogP contribution < -0.4 is 10.6 Å². The molecule has 0 unspecified atom stereocenters. The first kappa shape index (κ1) is 19.4. The molecule has 0 atom stereocenters.